The molecule has 1 heterocycles. The highest BCUT2D eigenvalue weighted by Crippen LogP contribution is 2.40. The van der Waals surface area contributed by atoms with Crippen LogP contribution in [0, 0.1) is 10.1 Å². The maximum absolute atomic E-state index is 12.7. The summed E-state index contributed by atoms with van der Waals surface area (Å²) in [5, 5.41) is 21.7. The average molecular weight is 469 g/mol. The minimum absolute atomic E-state index is 0.00309. The number of carbonyl (C=O) groups excluding carboxylic acids is 2. The minimum atomic E-state index is -0.645. The number of nitro benzene ring substituents is 1. The molecule has 1 aliphatic heterocycles. The van der Waals surface area contributed by atoms with Crippen molar-refractivity contribution in [1.29, 1.82) is 0 Å². The monoisotopic (exact) mass is 468 g/mol. The van der Waals surface area contributed by atoms with Crippen LogP contribution in [0.5, 0.6) is 11.5 Å². The van der Waals surface area contributed by atoms with Crippen molar-refractivity contribution in [3.63, 3.8) is 0 Å². The zero-order valence-corrected chi connectivity index (χ0v) is 17.8. The highest BCUT2D eigenvalue weighted by Gasteiger charge is 2.35. The number of rotatable bonds is 6. The molecule has 1 N–H and O–H groups in total. The molecule has 0 aliphatic carbocycles. The summed E-state index contributed by atoms with van der Waals surface area (Å²) >= 11 is 12.6. The lowest BCUT2D eigenvalue weighted by molar-refractivity contribution is -0.385. The predicted molar refractivity (Wildman–Crippen MR) is 114 cm³/mol. The topological polar surface area (TPSA) is 110 Å². The van der Waals surface area contributed by atoms with Gasteiger partial charge in [0.15, 0.2) is 11.5 Å². The number of aromatic hydroxyl groups is 1. The molecule has 0 unspecified atom stereocenters. The van der Waals surface area contributed by atoms with Gasteiger partial charge in [-0.1, -0.05) is 29.3 Å². The average Bonchev–Trinajstić information content (AvgIpc) is 2.94. The highest BCUT2D eigenvalue weighted by molar-refractivity contribution is 8.18. The normalized spacial score (nSPS) is 15.2. The van der Waals surface area contributed by atoms with Gasteiger partial charge in [-0.25, -0.2) is 0 Å². The van der Waals surface area contributed by atoms with E-state index in [2.05, 4.69) is 0 Å². The Labute approximate surface area is 185 Å². The largest absolute Gasteiger partial charge is 0.504 e. The van der Waals surface area contributed by atoms with Gasteiger partial charge in [0.2, 0.25) is 0 Å². The first-order chi connectivity index (χ1) is 14.2. The summed E-state index contributed by atoms with van der Waals surface area (Å²) in [5.74, 6) is -1.07. The fourth-order valence-corrected chi connectivity index (χ4v) is 3.99. The Kier molecular flexibility index (Phi) is 6.55. The van der Waals surface area contributed by atoms with E-state index in [0.717, 1.165) is 17.0 Å². The van der Waals surface area contributed by atoms with Crippen LogP contribution in [0.3, 0.4) is 0 Å². The maximum Gasteiger partial charge on any atom is 0.293 e. The van der Waals surface area contributed by atoms with Gasteiger partial charge < -0.3 is 9.84 Å². The van der Waals surface area contributed by atoms with E-state index in [-0.39, 0.29) is 40.8 Å². The number of non-ortho nitro benzene ring substituents is 1. The quantitative estimate of drug-likeness (QED) is 0.350. The number of hydrogen-bond acceptors (Lipinski definition) is 7. The number of nitrogens with zero attached hydrogens (tertiary/aromatic N) is 2. The third kappa shape index (κ3) is 4.53. The van der Waals surface area contributed by atoms with E-state index < -0.39 is 16.1 Å². The number of amides is 2. The Balaban J connectivity index is 1.94. The Morgan fingerprint density at radius 2 is 2.00 bits per heavy atom. The van der Waals surface area contributed by atoms with Crippen LogP contribution >= 0.6 is 35.0 Å². The number of hydrogen-bond donors (Lipinski definition) is 1. The molecule has 0 aromatic heterocycles. The number of benzene rings is 2. The standard InChI is InChI=1S/C19H14Cl2N2O6S/c1-2-29-15-8-13(23(27)28)5-11(17(15)24)6-16-18(25)22(19(26)30-16)9-10-3-4-12(20)7-14(10)21/h3-8,24H,2,9H2,1H3/b16-6-. The number of nitro groups is 1. The van der Waals surface area contributed by atoms with Gasteiger partial charge in [-0.3, -0.25) is 24.6 Å². The third-order valence-corrected chi connectivity index (χ3v) is 5.60. The van der Waals surface area contributed by atoms with Gasteiger partial charge in [0.25, 0.3) is 16.8 Å². The van der Waals surface area contributed by atoms with Crippen molar-refractivity contribution in [2.24, 2.45) is 0 Å². The predicted octanol–water partition coefficient (Wildman–Crippen LogP) is 5.24. The van der Waals surface area contributed by atoms with Crippen LogP contribution < -0.4 is 4.74 Å². The van der Waals surface area contributed by atoms with Crippen molar-refractivity contribution in [1.82, 2.24) is 4.90 Å². The van der Waals surface area contributed by atoms with Crippen LogP contribution in [0.1, 0.15) is 18.1 Å². The molecular formula is C19H14Cl2N2O6S. The van der Waals surface area contributed by atoms with E-state index in [9.17, 15) is 24.8 Å². The molecule has 0 radical (unpaired) electrons. The summed E-state index contributed by atoms with van der Waals surface area (Å²) in [6.07, 6.45) is 1.22. The Hall–Kier alpha value is -2.75. The van der Waals surface area contributed by atoms with Gasteiger partial charge in [0.05, 0.1) is 29.0 Å². The van der Waals surface area contributed by atoms with Gasteiger partial charge in [-0.15, -0.1) is 0 Å². The first kappa shape index (κ1) is 21.9. The fourth-order valence-electron chi connectivity index (χ4n) is 2.69. The molecular weight excluding hydrogens is 455 g/mol. The lowest BCUT2D eigenvalue weighted by Gasteiger charge is -2.13. The second kappa shape index (κ2) is 8.95. The summed E-state index contributed by atoms with van der Waals surface area (Å²) in [6.45, 7) is 1.76. The molecule has 1 aliphatic rings. The molecule has 8 nitrogen and oxygen atoms in total. The highest BCUT2D eigenvalue weighted by atomic mass is 35.5. The second-order valence-electron chi connectivity index (χ2n) is 6.08. The number of ether oxygens (including phenoxy) is 1. The zero-order valence-electron chi connectivity index (χ0n) is 15.4. The summed E-state index contributed by atoms with van der Waals surface area (Å²) in [7, 11) is 0. The van der Waals surface area contributed by atoms with Crippen LogP contribution in [-0.2, 0) is 11.3 Å². The molecule has 2 aromatic rings. The molecule has 0 spiro atoms. The smallest absolute Gasteiger partial charge is 0.293 e. The number of phenols is 1. The van der Waals surface area contributed by atoms with Crippen molar-refractivity contribution < 1.29 is 24.4 Å². The third-order valence-electron chi connectivity index (χ3n) is 4.10. The molecule has 0 atom stereocenters. The first-order valence-corrected chi connectivity index (χ1v) is 10.1. The molecule has 30 heavy (non-hydrogen) atoms. The number of imide groups is 1. The Morgan fingerprint density at radius 1 is 1.27 bits per heavy atom. The maximum atomic E-state index is 12.7. The second-order valence-corrected chi connectivity index (χ2v) is 7.91. The lowest BCUT2D eigenvalue weighted by Crippen LogP contribution is -2.27. The number of phenolic OH excluding ortho intramolecular Hbond substituents is 1. The summed E-state index contributed by atoms with van der Waals surface area (Å²) in [4.78, 5) is 36.6. The Bertz CT molecular complexity index is 1090. The molecule has 0 bridgehead atoms. The molecule has 3 rings (SSSR count). The van der Waals surface area contributed by atoms with E-state index in [1.807, 2.05) is 0 Å². The first-order valence-electron chi connectivity index (χ1n) is 8.54. The Morgan fingerprint density at radius 3 is 2.63 bits per heavy atom. The molecule has 1 fully saturated rings. The van der Waals surface area contributed by atoms with Crippen LogP contribution in [0.2, 0.25) is 10.0 Å². The van der Waals surface area contributed by atoms with Crippen LogP contribution in [0.25, 0.3) is 6.08 Å². The summed E-state index contributed by atoms with van der Waals surface area (Å²) in [6, 6.07) is 6.89. The number of carbonyl (C=O) groups is 2. The van der Waals surface area contributed by atoms with Gasteiger partial charge >= 0.3 is 0 Å². The van der Waals surface area contributed by atoms with E-state index in [1.54, 1.807) is 19.1 Å². The van der Waals surface area contributed by atoms with E-state index in [0.29, 0.717) is 27.4 Å². The fraction of sp³-hybridized carbons (Fsp3) is 0.158. The van der Waals surface area contributed by atoms with Crippen molar-refractivity contribution in [2.75, 3.05) is 6.61 Å². The zero-order chi connectivity index (χ0) is 22.0. The van der Waals surface area contributed by atoms with Crippen LogP contribution in [0.4, 0.5) is 10.5 Å². The molecule has 2 amide bonds. The van der Waals surface area contributed by atoms with Crippen molar-refractivity contribution >= 4 is 57.9 Å². The number of halogens is 2. The van der Waals surface area contributed by atoms with Crippen LogP contribution in [-0.4, -0.2) is 32.7 Å². The van der Waals surface area contributed by atoms with E-state index in [1.165, 1.54) is 12.1 Å². The minimum Gasteiger partial charge on any atom is -0.504 e. The lowest BCUT2D eigenvalue weighted by atomic mass is 10.1. The van der Waals surface area contributed by atoms with Crippen molar-refractivity contribution in [3.05, 3.63) is 66.5 Å². The molecule has 156 valence electrons. The molecule has 1 saturated heterocycles. The van der Waals surface area contributed by atoms with E-state index in [4.69, 9.17) is 27.9 Å². The van der Waals surface area contributed by atoms with Gasteiger partial charge in [-0.05, 0) is 42.5 Å². The van der Waals surface area contributed by atoms with Gasteiger partial charge in [0.1, 0.15) is 0 Å². The SMILES string of the molecule is CCOc1cc([N+](=O)[O-])cc(/C=C2\SC(=O)N(Cc3ccc(Cl)cc3Cl)C2=O)c1O. The summed E-state index contributed by atoms with van der Waals surface area (Å²) < 4.78 is 5.23. The van der Waals surface area contributed by atoms with Gasteiger partial charge in [0, 0.05) is 21.7 Å². The van der Waals surface area contributed by atoms with Crippen LogP contribution in [0.15, 0.2) is 35.2 Å². The molecule has 2 aromatic carbocycles. The summed E-state index contributed by atoms with van der Waals surface area (Å²) in [5.41, 5.74) is 0.193. The molecule has 11 heteroatoms. The number of thioether (sulfide) groups is 1. The van der Waals surface area contributed by atoms with E-state index >= 15 is 0 Å². The van der Waals surface area contributed by atoms with Gasteiger partial charge in [-0.2, -0.15) is 0 Å². The van der Waals surface area contributed by atoms with Crippen molar-refractivity contribution in [2.45, 2.75) is 13.5 Å². The molecule has 0 saturated carbocycles. The van der Waals surface area contributed by atoms with Crippen molar-refractivity contribution in [3.8, 4) is 11.5 Å².